The maximum absolute atomic E-state index is 12.9. The first-order valence-electron chi connectivity index (χ1n) is 8.72. The summed E-state index contributed by atoms with van der Waals surface area (Å²) in [7, 11) is 1.75. The highest BCUT2D eigenvalue weighted by atomic mass is 16.5. The average Bonchev–Trinajstić information content (AvgIpc) is 2.86. The Balaban J connectivity index is 1.62. The van der Waals surface area contributed by atoms with Crippen molar-refractivity contribution >= 4 is 16.9 Å². The molecule has 6 nitrogen and oxygen atoms in total. The van der Waals surface area contributed by atoms with Crippen LogP contribution in [0.25, 0.3) is 11.0 Å². The Labute approximate surface area is 140 Å². The second-order valence-corrected chi connectivity index (χ2v) is 6.76. The van der Waals surface area contributed by atoms with Crippen LogP contribution in [0.3, 0.4) is 0 Å². The highest BCUT2D eigenvalue weighted by Crippen LogP contribution is 2.28. The second kappa shape index (κ2) is 6.09. The summed E-state index contributed by atoms with van der Waals surface area (Å²) in [6.07, 6.45) is 4.51. The van der Waals surface area contributed by atoms with Gasteiger partial charge in [0.05, 0.1) is 29.8 Å². The Morgan fingerprint density at radius 2 is 1.96 bits per heavy atom. The molecule has 4 rings (SSSR count). The standard InChI is InChI=1S/C18H23N3O3/c1-19-13-6-2-3-7-14(13)21(18(19)23)12-17(22)20-10-11-24-16-9-5-4-8-15(16)20/h2-3,6-7,15-16H,4-5,8-12H2,1H3/t15-,16+/m0/s1. The molecule has 0 spiro atoms. The van der Waals surface area contributed by atoms with Gasteiger partial charge in [-0.3, -0.25) is 13.9 Å². The summed E-state index contributed by atoms with van der Waals surface area (Å²) in [4.78, 5) is 27.4. The SMILES string of the molecule is Cn1c(=O)n(CC(=O)N2CCO[C@@H]3CCCC[C@@H]32)c2ccccc21. The quantitative estimate of drug-likeness (QED) is 0.839. The number of hydrogen-bond donors (Lipinski definition) is 0. The number of amides is 1. The van der Waals surface area contributed by atoms with Crippen molar-refractivity contribution < 1.29 is 9.53 Å². The molecule has 0 radical (unpaired) electrons. The number of carbonyl (C=O) groups is 1. The third kappa shape index (κ3) is 2.45. The summed E-state index contributed by atoms with van der Waals surface area (Å²) in [5.41, 5.74) is 1.53. The van der Waals surface area contributed by atoms with E-state index in [1.807, 2.05) is 29.2 Å². The van der Waals surface area contributed by atoms with Gasteiger partial charge in [0, 0.05) is 13.6 Å². The summed E-state index contributed by atoms with van der Waals surface area (Å²) in [6, 6.07) is 7.78. The lowest BCUT2D eigenvalue weighted by atomic mass is 9.90. The minimum atomic E-state index is -0.141. The number of hydrogen-bond acceptors (Lipinski definition) is 3. The molecular weight excluding hydrogens is 306 g/mol. The molecule has 2 atom stereocenters. The van der Waals surface area contributed by atoms with Crippen molar-refractivity contribution in [1.29, 1.82) is 0 Å². The van der Waals surface area contributed by atoms with E-state index in [0.29, 0.717) is 13.2 Å². The van der Waals surface area contributed by atoms with E-state index >= 15 is 0 Å². The predicted molar refractivity (Wildman–Crippen MR) is 90.9 cm³/mol. The second-order valence-electron chi connectivity index (χ2n) is 6.76. The van der Waals surface area contributed by atoms with Crippen molar-refractivity contribution in [2.24, 2.45) is 7.05 Å². The van der Waals surface area contributed by atoms with Crippen molar-refractivity contribution in [2.45, 2.75) is 44.4 Å². The third-order valence-electron chi connectivity index (χ3n) is 5.40. The number of imidazole rings is 1. The topological polar surface area (TPSA) is 56.5 Å². The van der Waals surface area contributed by atoms with Gasteiger partial charge in [-0.1, -0.05) is 25.0 Å². The molecule has 1 aromatic heterocycles. The van der Waals surface area contributed by atoms with Crippen LogP contribution in [0.4, 0.5) is 0 Å². The number of rotatable bonds is 2. The molecule has 2 fully saturated rings. The van der Waals surface area contributed by atoms with E-state index in [2.05, 4.69) is 0 Å². The molecule has 1 aromatic carbocycles. The predicted octanol–water partition coefficient (Wildman–Crippen LogP) is 1.51. The highest BCUT2D eigenvalue weighted by molar-refractivity contribution is 5.81. The molecule has 1 amide bonds. The zero-order chi connectivity index (χ0) is 16.7. The molecule has 1 saturated carbocycles. The van der Waals surface area contributed by atoms with Crippen LogP contribution < -0.4 is 5.69 Å². The van der Waals surface area contributed by atoms with Gasteiger partial charge < -0.3 is 9.64 Å². The summed E-state index contributed by atoms with van der Waals surface area (Å²) in [5.74, 6) is 0.0219. The number of nitrogens with zero attached hydrogens (tertiary/aromatic N) is 3. The Hall–Kier alpha value is -2.08. The van der Waals surface area contributed by atoms with Crippen molar-refractivity contribution in [3.8, 4) is 0 Å². The molecule has 2 heterocycles. The van der Waals surface area contributed by atoms with Crippen LogP contribution in [0, 0.1) is 0 Å². The molecule has 2 aliphatic rings. The monoisotopic (exact) mass is 329 g/mol. The zero-order valence-electron chi connectivity index (χ0n) is 14.0. The number of benzene rings is 1. The van der Waals surface area contributed by atoms with Gasteiger partial charge in [-0.2, -0.15) is 0 Å². The zero-order valence-corrected chi connectivity index (χ0v) is 14.0. The van der Waals surface area contributed by atoms with Gasteiger partial charge in [-0.25, -0.2) is 4.79 Å². The lowest BCUT2D eigenvalue weighted by Crippen LogP contribution is -2.55. The minimum Gasteiger partial charge on any atom is -0.374 e. The Bertz CT molecular complexity index is 821. The molecule has 6 heteroatoms. The molecule has 2 aromatic rings. The van der Waals surface area contributed by atoms with Crippen LogP contribution in [0.5, 0.6) is 0 Å². The molecule has 0 bridgehead atoms. The van der Waals surface area contributed by atoms with Crippen LogP contribution in [0.1, 0.15) is 25.7 Å². The van der Waals surface area contributed by atoms with Crippen LogP contribution in [0.2, 0.25) is 0 Å². The van der Waals surface area contributed by atoms with E-state index in [-0.39, 0.29) is 30.3 Å². The van der Waals surface area contributed by atoms with E-state index in [9.17, 15) is 9.59 Å². The van der Waals surface area contributed by atoms with Crippen LogP contribution in [-0.2, 0) is 23.1 Å². The lowest BCUT2D eigenvalue weighted by Gasteiger charge is -2.43. The minimum absolute atomic E-state index is 0.0219. The van der Waals surface area contributed by atoms with E-state index < -0.39 is 0 Å². The molecule has 1 aliphatic heterocycles. The van der Waals surface area contributed by atoms with Gasteiger partial charge in [0.25, 0.3) is 0 Å². The summed E-state index contributed by atoms with van der Waals surface area (Å²) < 4.78 is 9.03. The van der Waals surface area contributed by atoms with Crippen LogP contribution in [0.15, 0.2) is 29.1 Å². The molecular formula is C18H23N3O3. The fourth-order valence-corrected chi connectivity index (χ4v) is 4.15. The Kier molecular flexibility index (Phi) is 3.92. The van der Waals surface area contributed by atoms with Crippen LogP contribution in [-0.4, -0.2) is 45.2 Å². The number of carbonyl (C=O) groups excluding carboxylic acids is 1. The van der Waals surface area contributed by atoms with Crippen molar-refractivity contribution in [1.82, 2.24) is 14.0 Å². The molecule has 24 heavy (non-hydrogen) atoms. The maximum atomic E-state index is 12.9. The number of aryl methyl sites for hydroxylation is 1. The van der Waals surface area contributed by atoms with Crippen molar-refractivity contribution in [3.05, 3.63) is 34.7 Å². The summed E-state index contributed by atoms with van der Waals surface area (Å²) in [5, 5.41) is 0. The first-order valence-corrected chi connectivity index (χ1v) is 8.72. The first-order chi connectivity index (χ1) is 11.7. The van der Waals surface area contributed by atoms with Gasteiger partial charge in [0.2, 0.25) is 5.91 Å². The smallest absolute Gasteiger partial charge is 0.329 e. The largest absolute Gasteiger partial charge is 0.374 e. The lowest BCUT2D eigenvalue weighted by molar-refractivity contribution is -0.150. The third-order valence-corrected chi connectivity index (χ3v) is 5.40. The fourth-order valence-electron chi connectivity index (χ4n) is 4.15. The normalized spacial score (nSPS) is 24.1. The van der Waals surface area contributed by atoms with Gasteiger partial charge in [-0.15, -0.1) is 0 Å². The highest BCUT2D eigenvalue weighted by Gasteiger charge is 2.36. The van der Waals surface area contributed by atoms with E-state index in [4.69, 9.17) is 4.74 Å². The summed E-state index contributed by atoms with van der Waals surface area (Å²) >= 11 is 0. The van der Waals surface area contributed by atoms with Crippen molar-refractivity contribution in [3.63, 3.8) is 0 Å². The number of morpholine rings is 1. The van der Waals surface area contributed by atoms with E-state index in [1.165, 1.54) is 6.42 Å². The molecule has 1 aliphatic carbocycles. The van der Waals surface area contributed by atoms with Gasteiger partial charge in [0.1, 0.15) is 6.54 Å². The number of aromatic nitrogens is 2. The van der Waals surface area contributed by atoms with Gasteiger partial charge in [-0.05, 0) is 25.0 Å². The van der Waals surface area contributed by atoms with Gasteiger partial charge >= 0.3 is 5.69 Å². The number of para-hydroxylation sites is 2. The Morgan fingerprint density at radius 3 is 2.79 bits per heavy atom. The summed E-state index contributed by atoms with van der Waals surface area (Å²) in [6.45, 7) is 1.32. The number of fused-ring (bicyclic) bond motifs is 2. The molecule has 1 saturated heterocycles. The van der Waals surface area contributed by atoms with Gasteiger partial charge in [0.15, 0.2) is 0 Å². The van der Waals surface area contributed by atoms with Crippen molar-refractivity contribution in [2.75, 3.05) is 13.2 Å². The first kappa shape index (κ1) is 15.4. The molecule has 0 N–H and O–H groups in total. The average molecular weight is 329 g/mol. The van der Waals surface area contributed by atoms with E-state index in [0.717, 1.165) is 30.3 Å². The maximum Gasteiger partial charge on any atom is 0.329 e. The molecule has 128 valence electrons. The van der Waals surface area contributed by atoms with Crippen LogP contribution >= 0.6 is 0 Å². The number of ether oxygens (including phenoxy) is 1. The molecule has 0 unspecified atom stereocenters. The Morgan fingerprint density at radius 1 is 1.21 bits per heavy atom. The van der Waals surface area contributed by atoms with E-state index in [1.54, 1.807) is 16.2 Å². The fraction of sp³-hybridized carbons (Fsp3) is 0.556.